The van der Waals surface area contributed by atoms with Crippen LogP contribution in [-0.2, 0) is 20.6 Å². The van der Waals surface area contributed by atoms with Crippen LogP contribution in [0.1, 0.15) is 25.5 Å². The van der Waals surface area contributed by atoms with Crippen molar-refractivity contribution in [1.82, 2.24) is 18.7 Å². The lowest BCUT2D eigenvalue weighted by molar-refractivity contribution is -0.699. The Hall–Kier alpha value is -2.62. The van der Waals surface area contributed by atoms with Gasteiger partial charge in [-0.25, -0.2) is 9.78 Å². The molecule has 0 aliphatic heterocycles. The highest BCUT2D eigenvalue weighted by Crippen LogP contribution is 2.18. The van der Waals surface area contributed by atoms with E-state index < -0.39 is 11.8 Å². The first-order chi connectivity index (χ1) is 13.7. The molecule has 3 aromatic rings. The average molecular weight is 438 g/mol. The molecule has 1 aromatic carbocycles. The van der Waals surface area contributed by atoms with E-state index in [0.717, 1.165) is 16.7 Å². The zero-order valence-corrected chi connectivity index (χ0v) is 18.2. The summed E-state index contributed by atoms with van der Waals surface area (Å²) in [7, 11) is 3.07. The minimum Gasteiger partial charge on any atom is -1.00 e. The third kappa shape index (κ3) is 4.58. The second-order valence-corrected chi connectivity index (χ2v) is 7.75. The van der Waals surface area contributed by atoms with Gasteiger partial charge in [-0.05, 0) is 24.6 Å². The van der Waals surface area contributed by atoms with Crippen LogP contribution in [0.25, 0.3) is 11.2 Å². The van der Waals surface area contributed by atoms with Crippen molar-refractivity contribution in [3.8, 4) is 5.75 Å². The molecule has 0 radical (unpaired) electrons. The Labute approximate surface area is 180 Å². The standard InChI is InChI=1S/C20H27N5O4.ClH/c1-12(9-21-13(2)17(27)14-5-7-15(26)8-6-14)10-25-11-22-18-16(25)19(28)24(4)20(29)23(18)3;/h5-8,11-13,17,21,26-27H,9-10H2,1-4H3;1H. The number of phenols is 1. The third-order valence-electron chi connectivity index (χ3n) is 5.37. The summed E-state index contributed by atoms with van der Waals surface area (Å²) in [5, 5.41) is 22.0. The molecule has 0 bridgehead atoms. The maximum atomic E-state index is 12.5. The predicted octanol–water partition coefficient (Wildman–Crippen LogP) is -3.54. The van der Waals surface area contributed by atoms with Crippen LogP contribution in [-0.4, -0.2) is 41.5 Å². The van der Waals surface area contributed by atoms with Crippen LogP contribution < -0.4 is 29.0 Å². The number of hydrogen-bond acceptors (Lipinski definition) is 5. The first-order valence-corrected chi connectivity index (χ1v) is 9.61. The number of imidazole rings is 1. The van der Waals surface area contributed by atoms with Crippen molar-refractivity contribution < 1.29 is 27.9 Å². The summed E-state index contributed by atoms with van der Waals surface area (Å²) in [4.78, 5) is 28.8. The van der Waals surface area contributed by atoms with Crippen LogP contribution in [0, 0.1) is 5.92 Å². The number of fused-ring (bicyclic) bond motifs is 1. The predicted molar refractivity (Wildman–Crippen MR) is 109 cm³/mol. The van der Waals surface area contributed by atoms with Gasteiger partial charge < -0.3 is 32.5 Å². The highest BCUT2D eigenvalue weighted by molar-refractivity contribution is 5.69. The lowest BCUT2D eigenvalue weighted by atomic mass is 10.0. The van der Waals surface area contributed by atoms with Crippen molar-refractivity contribution in [3.63, 3.8) is 0 Å². The number of aromatic hydroxyl groups is 1. The first-order valence-electron chi connectivity index (χ1n) is 9.61. The van der Waals surface area contributed by atoms with Crippen molar-refractivity contribution in [1.29, 1.82) is 0 Å². The number of hydrogen-bond donors (Lipinski definition) is 3. The van der Waals surface area contributed by atoms with Gasteiger partial charge in [0.25, 0.3) is 5.56 Å². The molecular formula is C20H28ClN5O4. The second kappa shape index (κ2) is 9.46. The molecule has 0 amide bonds. The molecule has 0 aliphatic carbocycles. The normalized spacial score (nSPS) is 14.3. The molecule has 3 rings (SSSR count). The maximum Gasteiger partial charge on any atom is 0.332 e. The van der Waals surface area contributed by atoms with Gasteiger partial charge in [-0.3, -0.25) is 13.9 Å². The third-order valence-corrected chi connectivity index (χ3v) is 5.37. The maximum absolute atomic E-state index is 12.5. The molecule has 30 heavy (non-hydrogen) atoms. The van der Waals surface area contributed by atoms with E-state index in [1.807, 2.05) is 6.92 Å². The summed E-state index contributed by atoms with van der Waals surface area (Å²) in [5.74, 6) is 0.367. The topological polar surface area (TPSA) is 119 Å². The molecule has 4 N–H and O–H groups in total. The SMILES string of the molecule is CC(C[NH2+]C(C)C(O)c1ccc(O)cc1)Cn1cnc2c1c(=O)n(C)c(=O)n2C.[Cl-]. The largest absolute Gasteiger partial charge is 1.00 e. The summed E-state index contributed by atoms with van der Waals surface area (Å²) in [6.07, 6.45) is 0.940. The highest BCUT2D eigenvalue weighted by atomic mass is 35.5. The lowest BCUT2D eigenvalue weighted by Crippen LogP contribution is -3.00. The Morgan fingerprint density at radius 2 is 1.73 bits per heavy atom. The Morgan fingerprint density at radius 1 is 1.10 bits per heavy atom. The summed E-state index contributed by atoms with van der Waals surface area (Å²) < 4.78 is 4.25. The number of aryl methyl sites for hydroxylation is 1. The number of quaternary nitrogens is 1. The summed E-state index contributed by atoms with van der Waals surface area (Å²) in [6, 6.07) is 6.48. The van der Waals surface area contributed by atoms with E-state index in [4.69, 9.17) is 0 Å². The van der Waals surface area contributed by atoms with Gasteiger partial charge in [-0.15, -0.1) is 0 Å². The average Bonchev–Trinajstić information content (AvgIpc) is 3.12. The summed E-state index contributed by atoms with van der Waals surface area (Å²) in [5.41, 5.74) is 0.798. The van der Waals surface area contributed by atoms with Crippen molar-refractivity contribution in [2.45, 2.75) is 32.5 Å². The molecule has 3 atom stereocenters. The minimum atomic E-state index is -0.654. The molecule has 0 fully saturated rings. The van der Waals surface area contributed by atoms with Gasteiger partial charge in [-0.2, -0.15) is 0 Å². The van der Waals surface area contributed by atoms with Crippen molar-refractivity contribution in [2.24, 2.45) is 20.0 Å². The number of aromatic nitrogens is 4. The fourth-order valence-electron chi connectivity index (χ4n) is 3.50. The Balaban J connectivity index is 0.00000320. The van der Waals surface area contributed by atoms with Gasteiger partial charge in [0.15, 0.2) is 11.2 Å². The molecule has 0 spiro atoms. The van der Waals surface area contributed by atoms with Gasteiger partial charge in [0.2, 0.25) is 0 Å². The van der Waals surface area contributed by atoms with Gasteiger partial charge in [0.05, 0.1) is 12.9 Å². The van der Waals surface area contributed by atoms with Crippen LogP contribution >= 0.6 is 0 Å². The Morgan fingerprint density at radius 3 is 2.37 bits per heavy atom. The molecule has 0 aliphatic rings. The van der Waals surface area contributed by atoms with Gasteiger partial charge in [0, 0.05) is 26.6 Å². The van der Waals surface area contributed by atoms with E-state index in [1.165, 1.54) is 11.6 Å². The van der Waals surface area contributed by atoms with E-state index in [9.17, 15) is 19.8 Å². The van der Waals surface area contributed by atoms with Gasteiger partial charge in [0.1, 0.15) is 17.9 Å². The molecule has 0 saturated carbocycles. The Kier molecular flexibility index (Phi) is 7.46. The number of aliphatic hydroxyl groups is 1. The number of nitrogens with two attached hydrogens (primary N) is 1. The smallest absolute Gasteiger partial charge is 0.332 e. The Bertz CT molecular complexity index is 1120. The monoisotopic (exact) mass is 437 g/mol. The van der Waals surface area contributed by atoms with Crippen LogP contribution in [0.3, 0.4) is 0 Å². The zero-order chi connectivity index (χ0) is 21.3. The lowest BCUT2D eigenvalue weighted by Gasteiger charge is -2.20. The molecule has 164 valence electrons. The molecule has 0 saturated heterocycles. The zero-order valence-electron chi connectivity index (χ0n) is 17.5. The van der Waals surface area contributed by atoms with Crippen molar-refractivity contribution in [2.75, 3.05) is 6.54 Å². The molecule has 2 aromatic heterocycles. The minimum absolute atomic E-state index is 0. The quantitative estimate of drug-likeness (QED) is 0.354. The summed E-state index contributed by atoms with van der Waals surface area (Å²) >= 11 is 0. The number of phenolic OH excluding ortho intramolecular Hbond substituents is 1. The van der Waals surface area contributed by atoms with E-state index in [2.05, 4.69) is 17.2 Å². The van der Waals surface area contributed by atoms with Crippen LogP contribution in [0.15, 0.2) is 40.2 Å². The van der Waals surface area contributed by atoms with Crippen molar-refractivity contribution >= 4 is 11.2 Å². The summed E-state index contributed by atoms with van der Waals surface area (Å²) in [6.45, 7) is 5.32. The van der Waals surface area contributed by atoms with Gasteiger partial charge >= 0.3 is 5.69 Å². The molecular weight excluding hydrogens is 410 g/mol. The molecule has 2 heterocycles. The van der Waals surface area contributed by atoms with Gasteiger partial charge in [-0.1, -0.05) is 19.1 Å². The van der Waals surface area contributed by atoms with E-state index >= 15 is 0 Å². The van der Waals surface area contributed by atoms with E-state index in [-0.39, 0.29) is 35.7 Å². The van der Waals surface area contributed by atoms with Crippen LogP contribution in [0.5, 0.6) is 5.75 Å². The highest BCUT2D eigenvalue weighted by Gasteiger charge is 2.21. The van der Waals surface area contributed by atoms with Crippen molar-refractivity contribution in [3.05, 3.63) is 57.0 Å². The number of benzene rings is 1. The molecule has 3 unspecified atom stereocenters. The van der Waals surface area contributed by atoms with Crippen LogP contribution in [0.4, 0.5) is 0 Å². The number of rotatable bonds is 7. The first kappa shape index (κ1) is 23.7. The van der Waals surface area contributed by atoms with Crippen LogP contribution in [0.2, 0.25) is 0 Å². The number of nitrogens with zero attached hydrogens (tertiary/aromatic N) is 4. The fourth-order valence-corrected chi connectivity index (χ4v) is 3.50. The molecule has 9 nitrogen and oxygen atoms in total. The fraction of sp³-hybridized carbons (Fsp3) is 0.450. The van der Waals surface area contributed by atoms with E-state index in [1.54, 1.807) is 42.2 Å². The molecule has 10 heteroatoms. The van der Waals surface area contributed by atoms with E-state index in [0.29, 0.717) is 17.7 Å². The second-order valence-electron chi connectivity index (χ2n) is 7.75. The number of aliphatic hydroxyl groups excluding tert-OH is 1. The number of halogens is 1.